The number of hydrogen-bond acceptors (Lipinski definition) is 2. The summed E-state index contributed by atoms with van der Waals surface area (Å²) in [6, 6.07) is 4.81. The van der Waals surface area contributed by atoms with Gasteiger partial charge in [-0.25, -0.2) is 4.39 Å². The molecule has 18 heavy (non-hydrogen) atoms. The Kier molecular flexibility index (Phi) is 4.98. The van der Waals surface area contributed by atoms with Crippen LogP contribution in [0.25, 0.3) is 0 Å². The maximum absolute atomic E-state index is 13.0. The fraction of sp³-hybridized carbons (Fsp3) is 0.571. The Morgan fingerprint density at radius 1 is 1.28 bits per heavy atom. The molecule has 0 atom stereocenters. The lowest BCUT2D eigenvalue weighted by molar-refractivity contribution is 0.108. The van der Waals surface area contributed by atoms with Crippen molar-refractivity contribution in [3.05, 3.63) is 34.6 Å². The molecule has 2 N–H and O–H groups in total. The summed E-state index contributed by atoms with van der Waals surface area (Å²) < 4.78 is 13.0. The molecule has 0 heterocycles. The van der Waals surface area contributed by atoms with E-state index in [1.54, 1.807) is 12.1 Å². The lowest BCUT2D eigenvalue weighted by atomic mass is 9.87. The molecule has 0 amide bonds. The minimum absolute atomic E-state index is 0.0999. The first kappa shape index (κ1) is 13.8. The Labute approximate surface area is 112 Å². The van der Waals surface area contributed by atoms with Crippen LogP contribution < -0.4 is 5.32 Å². The van der Waals surface area contributed by atoms with Crippen LogP contribution in [0.2, 0.25) is 5.02 Å². The topological polar surface area (TPSA) is 32.3 Å². The molecule has 0 aliphatic heterocycles. The van der Waals surface area contributed by atoms with Crippen LogP contribution in [0, 0.1) is 11.7 Å². The molecule has 0 unspecified atom stereocenters. The number of aliphatic hydroxyl groups is 1. The highest BCUT2D eigenvalue weighted by molar-refractivity contribution is 6.30. The van der Waals surface area contributed by atoms with Gasteiger partial charge in [-0.2, -0.15) is 0 Å². The van der Waals surface area contributed by atoms with Crippen LogP contribution in [-0.4, -0.2) is 17.8 Å². The fourth-order valence-corrected chi connectivity index (χ4v) is 2.62. The second-order valence-electron chi connectivity index (χ2n) is 5.05. The van der Waals surface area contributed by atoms with Gasteiger partial charge in [-0.15, -0.1) is 0 Å². The molecule has 2 rings (SSSR count). The number of aliphatic hydroxyl groups excluding tert-OH is 1. The zero-order valence-electron chi connectivity index (χ0n) is 10.3. The Morgan fingerprint density at radius 2 is 2.00 bits per heavy atom. The molecular formula is C14H19ClFNO. The van der Waals surface area contributed by atoms with Crippen LogP contribution in [0.15, 0.2) is 18.2 Å². The maximum Gasteiger partial charge on any atom is 0.141 e. The Morgan fingerprint density at radius 3 is 2.67 bits per heavy atom. The van der Waals surface area contributed by atoms with Crippen molar-refractivity contribution >= 4 is 11.6 Å². The van der Waals surface area contributed by atoms with Gasteiger partial charge in [-0.1, -0.05) is 17.7 Å². The van der Waals surface area contributed by atoms with Gasteiger partial charge in [0.25, 0.3) is 0 Å². The number of rotatable bonds is 4. The van der Waals surface area contributed by atoms with Gasteiger partial charge in [-0.05, 0) is 55.8 Å². The summed E-state index contributed by atoms with van der Waals surface area (Å²) in [5.41, 5.74) is 0.997. The third-order valence-electron chi connectivity index (χ3n) is 3.56. The van der Waals surface area contributed by atoms with Gasteiger partial charge in [0.05, 0.1) is 11.1 Å². The van der Waals surface area contributed by atoms with Crippen LogP contribution in [0.5, 0.6) is 0 Å². The molecular weight excluding hydrogens is 253 g/mol. The number of nitrogens with one attached hydrogen (secondary N) is 1. The Bertz CT molecular complexity index is 391. The number of halogens is 2. The summed E-state index contributed by atoms with van der Waals surface area (Å²) >= 11 is 5.73. The van der Waals surface area contributed by atoms with E-state index in [0.29, 0.717) is 12.5 Å². The van der Waals surface area contributed by atoms with E-state index >= 15 is 0 Å². The van der Waals surface area contributed by atoms with Crippen LogP contribution in [0.1, 0.15) is 31.2 Å². The molecule has 1 aliphatic carbocycles. The molecule has 1 fully saturated rings. The van der Waals surface area contributed by atoms with E-state index in [-0.39, 0.29) is 16.9 Å². The minimum Gasteiger partial charge on any atom is -0.393 e. The summed E-state index contributed by atoms with van der Waals surface area (Å²) in [6.07, 6.45) is 3.89. The smallest absolute Gasteiger partial charge is 0.141 e. The minimum atomic E-state index is -0.373. The predicted molar refractivity (Wildman–Crippen MR) is 71.1 cm³/mol. The average Bonchev–Trinajstić information content (AvgIpc) is 2.36. The van der Waals surface area contributed by atoms with Gasteiger partial charge in [0.2, 0.25) is 0 Å². The van der Waals surface area contributed by atoms with Gasteiger partial charge < -0.3 is 10.4 Å². The molecule has 0 saturated heterocycles. The monoisotopic (exact) mass is 271 g/mol. The average molecular weight is 272 g/mol. The van der Waals surface area contributed by atoms with E-state index in [9.17, 15) is 9.50 Å². The molecule has 0 radical (unpaired) electrons. The maximum atomic E-state index is 13.0. The Balaban J connectivity index is 1.73. The summed E-state index contributed by atoms with van der Waals surface area (Å²) in [6.45, 7) is 1.65. The highest BCUT2D eigenvalue weighted by Crippen LogP contribution is 2.23. The van der Waals surface area contributed by atoms with Gasteiger partial charge in [0, 0.05) is 6.54 Å². The van der Waals surface area contributed by atoms with E-state index < -0.39 is 0 Å². The molecule has 1 aliphatic rings. The third-order valence-corrected chi connectivity index (χ3v) is 3.85. The predicted octanol–water partition coefficient (Wildman–Crippen LogP) is 3.12. The van der Waals surface area contributed by atoms with Crippen molar-refractivity contribution in [2.24, 2.45) is 5.92 Å². The summed E-state index contributed by atoms with van der Waals surface area (Å²) in [7, 11) is 0. The van der Waals surface area contributed by atoms with Gasteiger partial charge in [-0.3, -0.25) is 0 Å². The van der Waals surface area contributed by atoms with Crippen LogP contribution in [0.3, 0.4) is 0 Å². The second-order valence-corrected chi connectivity index (χ2v) is 5.46. The number of benzene rings is 1. The normalized spacial score (nSPS) is 24.2. The lowest BCUT2D eigenvalue weighted by Crippen LogP contribution is -2.27. The lowest BCUT2D eigenvalue weighted by Gasteiger charge is -2.25. The third kappa shape index (κ3) is 3.94. The highest BCUT2D eigenvalue weighted by Gasteiger charge is 2.18. The fourth-order valence-electron chi connectivity index (χ4n) is 2.42. The van der Waals surface area contributed by atoms with Crippen molar-refractivity contribution in [3.8, 4) is 0 Å². The van der Waals surface area contributed by atoms with Crippen molar-refractivity contribution < 1.29 is 9.50 Å². The first-order valence-corrected chi connectivity index (χ1v) is 6.85. The molecule has 0 aromatic heterocycles. The first-order chi connectivity index (χ1) is 8.65. The zero-order valence-corrected chi connectivity index (χ0v) is 11.1. The highest BCUT2D eigenvalue weighted by atomic mass is 35.5. The van der Waals surface area contributed by atoms with Crippen molar-refractivity contribution in [2.45, 2.75) is 38.3 Å². The molecule has 0 spiro atoms. The largest absolute Gasteiger partial charge is 0.393 e. The Hall–Kier alpha value is -0.640. The second kappa shape index (κ2) is 6.50. The van der Waals surface area contributed by atoms with Gasteiger partial charge in [0.1, 0.15) is 5.82 Å². The van der Waals surface area contributed by atoms with E-state index in [2.05, 4.69) is 5.32 Å². The number of hydrogen-bond donors (Lipinski definition) is 2. The van der Waals surface area contributed by atoms with Crippen LogP contribution in [-0.2, 0) is 6.54 Å². The van der Waals surface area contributed by atoms with E-state index in [0.717, 1.165) is 37.8 Å². The van der Waals surface area contributed by atoms with E-state index in [1.165, 1.54) is 6.07 Å². The quantitative estimate of drug-likeness (QED) is 0.882. The molecule has 1 saturated carbocycles. The summed E-state index contributed by atoms with van der Waals surface area (Å²) in [5.74, 6) is 0.269. The SMILES string of the molecule is OC1CCC(CNCc2ccc(F)c(Cl)c2)CC1. The van der Waals surface area contributed by atoms with Crippen molar-refractivity contribution in [1.29, 1.82) is 0 Å². The van der Waals surface area contributed by atoms with Crippen molar-refractivity contribution in [3.63, 3.8) is 0 Å². The van der Waals surface area contributed by atoms with Crippen molar-refractivity contribution in [1.82, 2.24) is 5.32 Å². The van der Waals surface area contributed by atoms with Crippen molar-refractivity contribution in [2.75, 3.05) is 6.54 Å². The molecule has 1 aromatic carbocycles. The zero-order chi connectivity index (χ0) is 13.0. The van der Waals surface area contributed by atoms with E-state index in [4.69, 9.17) is 11.6 Å². The molecule has 4 heteroatoms. The molecule has 100 valence electrons. The summed E-state index contributed by atoms with van der Waals surface area (Å²) in [5, 5.41) is 13.0. The van der Waals surface area contributed by atoms with Gasteiger partial charge >= 0.3 is 0 Å². The molecule has 0 bridgehead atoms. The summed E-state index contributed by atoms with van der Waals surface area (Å²) in [4.78, 5) is 0. The molecule has 1 aromatic rings. The van der Waals surface area contributed by atoms with Crippen LogP contribution in [0.4, 0.5) is 4.39 Å². The van der Waals surface area contributed by atoms with Gasteiger partial charge in [0.15, 0.2) is 0 Å². The van der Waals surface area contributed by atoms with Crippen LogP contribution >= 0.6 is 11.6 Å². The standard InChI is InChI=1S/C14H19ClFNO/c15-13-7-11(3-6-14(13)16)9-17-8-10-1-4-12(18)5-2-10/h3,6-7,10,12,17-18H,1-2,4-5,8-9H2. The first-order valence-electron chi connectivity index (χ1n) is 6.48. The van der Waals surface area contributed by atoms with E-state index in [1.807, 2.05) is 0 Å². The molecule has 2 nitrogen and oxygen atoms in total.